The highest BCUT2D eigenvalue weighted by atomic mass is 32.2. The summed E-state index contributed by atoms with van der Waals surface area (Å²) in [6.07, 6.45) is 0. The highest BCUT2D eigenvalue weighted by Crippen LogP contribution is 2.26. The van der Waals surface area contributed by atoms with Gasteiger partial charge in [0.15, 0.2) is 0 Å². The van der Waals surface area contributed by atoms with Crippen molar-refractivity contribution < 1.29 is 26.7 Å². The lowest BCUT2D eigenvalue weighted by Gasteiger charge is -2.24. The molecule has 3 rings (SSSR count). The van der Waals surface area contributed by atoms with Crippen molar-refractivity contribution in [3.8, 4) is 5.75 Å². The van der Waals surface area contributed by atoms with Crippen molar-refractivity contribution in [2.45, 2.75) is 11.8 Å². The van der Waals surface area contributed by atoms with Crippen molar-refractivity contribution in [2.75, 3.05) is 22.8 Å². The summed E-state index contributed by atoms with van der Waals surface area (Å²) in [6, 6.07) is 15.7. The van der Waals surface area contributed by atoms with E-state index in [0.717, 1.165) is 34.6 Å². The molecule has 9 heteroatoms. The minimum Gasteiger partial charge on any atom is -0.494 e. The maximum atomic E-state index is 13.4. The van der Waals surface area contributed by atoms with Crippen LogP contribution in [0, 0.1) is 11.6 Å². The Balaban J connectivity index is 1.93. The van der Waals surface area contributed by atoms with Crippen molar-refractivity contribution in [3.05, 3.63) is 84.4 Å². The van der Waals surface area contributed by atoms with Crippen molar-refractivity contribution in [1.29, 1.82) is 0 Å². The lowest BCUT2D eigenvalue weighted by Crippen LogP contribution is -2.38. The van der Waals surface area contributed by atoms with Crippen LogP contribution in [0.2, 0.25) is 0 Å². The van der Waals surface area contributed by atoms with Crippen LogP contribution >= 0.6 is 0 Å². The Labute approximate surface area is 179 Å². The Kier molecular flexibility index (Phi) is 6.86. The monoisotopic (exact) mass is 446 g/mol. The second kappa shape index (κ2) is 9.57. The van der Waals surface area contributed by atoms with Crippen molar-refractivity contribution >= 4 is 27.3 Å². The smallest absolute Gasteiger partial charge is 0.264 e. The molecule has 0 aliphatic heterocycles. The normalized spacial score (nSPS) is 11.1. The number of hydrogen-bond acceptors (Lipinski definition) is 4. The molecule has 0 heterocycles. The highest BCUT2D eigenvalue weighted by molar-refractivity contribution is 7.92. The molecule has 1 amide bonds. The summed E-state index contributed by atoms with van der Waals surface area (Å²) < 4.78 is 59.4. The van der Waals surface area contributed by atoms with Gasteiger partial charge in [0.25, 0.3) is 10.0 Å². The molecule has 3 aromatic rings. The Hall–Kier alpha value is -3.46. The summed E-state index contributed by atoms with van der Waals surface area (Å²) in [6.45, 7) is 1.67. The van der Waals surface area contributed by atoms with Gasteiger partial charge >= 0.3 is 0 Å². The molecular weight excluding hydrogens is 426 g/mol. The number of nitrogens with one attached hydrogen (secondary N) is 1. The number of nitrogens with zero attached hydrogens (tertiary/aromatic N) is 1. The SMILES string of the molecule is CCOc1ccc(N(CC(=O)Nc2cccc(F)c2)S(=O)(=O)c2ccc(F)cc2)cc1. The number of amides is 1. The first-order chi connectivity index (χ1) is 14.8. The summed E-state index contributed by atoms with van der Waals surface area (Å²) >= 11 is 0. The number of sulfonamides is 1. The van der Waals surface area contributed by atoms with Gasteiger partial charge in [-0.2, -0.15) is 0 Å². The van der Waals surface area contributed by atoms with Crippen LogP contribution in [-0.4, -0.2) is 27.5 Å². The van der Waals surface area contributed by atoms with Gasteiger partial charge in [-0.25, -0.2) is 17.2 Å². The van der Waals surface area contributed by atoms with Gasteiger partial charge in [0, 0.05) is 5.69 Å². The van der Waals surface area contributed by atoms with Gasteiger partial charge in [-0.1, -0.05) is 6.07 Å². The first kappa shape index (κ1) is 22.2. The molecule has 0 saturated carbocycles. The van der Waals surface area contributed by atoms with E-state index in [1.807, 2.05) is 6.92 Å². The molecule has 0 unspecified atom stereocenters. The molecule has 0 aromatic heterocycles. The van der Waals surface area contributed by atoms with E-state index < -0.39 is 34.1 Å². The molecule has 0 saturated heterocycles. The summed E-state index contributed by atoms with van der Waals surface area (Å²) in [7, 11) is -4.20. The van der Waals surface area contributed by atoms with Gasteiger partial charge in [-0.05, 0) is 73.7 Å². The van der Waals surface area contributed by atoms with E-state index in [2.05, 4.69) is 5.32 Å². The zero-order valence-corrected chi connectivity index (χ0v) is 17.4. The molecule has 0 atom stereocenters. The summed E-state index contributed by atoms with van der Waals surface area (Å²) in [5.74, 6) is -1.27. The van der Waals surface area contributed by atoms with E-state index in [0.29, 0.717) is 12.4 Å². The van der Waals surface area contributed by atoms with Crippen LogP contribution in [0.4, 0.5) is 20.2 Å². The van der Waals surface area contributed by atoms with Crippen LogP contribution in [-0.2, 0) is 14.8 Å². The number of rotatable bonds is 8. The van der Waals surface area contributed by atoms with E-state index >= 15 is 0 Å². The minimum atomic E-state index is -4.20. The van der Waals surface area contributed by atoms with Gasteiger partial charge in [-0.15, -0.1) is 0 Å². The fraction of sp³-hybridized carbons (Fsp3) is 0.136. The molecular formula is C22H20F2N2O4S. The molecule has 0 aliphatic carbocycles. The van der Waals surface area contributed by atoms with Gasteiger partial charge in [0.1, 0.15) is 23.9 Å². The molecule has 0 fully saturated rings. The fourth-order valence-electron chi connectivity index (χ4n) is 2.82. The van der Waals surface area contributed by atoms with Crippen molar-refractivity contribution in [2.24, 2.45) is 0 Å². The Morgan fingerprint density at radius 1 is 0.968 bits per heavy atom. The number of ether oxygens (including phenoxy) is 1. The average Bonchev–Trinajstić information content (AvgIpc) is 2.73. The molecule has 1 N–H and O–H groups in total. The van der Waals surface area contributed by atoms with Gasteiger partial charge in [0.2, 0.25) is 5.91 Å². The largest absolute Gasteiger partial charge is 0.494 e. The van der Waals surface area contributed by atoms with Crippen LogP contribution in [0.25, 0.3) is 0 Å². The number of carbonyl (C=O) groups excluding carboxylic acids is 1. The molecule has 0 radical (unpaired) electrons. The number of halogens is 2. The van der Waals surface area contributed by atoms with E-state index in [1.54, 1.807) is 12.1 Å². The van der Waals surface area contributed by atoms with Gasteiger partial charge in [0.05, 0.1) is 17.2 Å². The first-order valence-corrected chi connectivity index (χ1v) is 10.8. The van der Waals surface area contributed by atoms with E-state index in [4.69, 9.17) is 4.74 Å². The zero-order valence-electron chi connectivity index (χ0n) is 16.6. The lowest BCUT2D eigenvalue weighted by molar-refractivity contribution is -0.114. The minimum absolute atomic E-state index is 0.179. The van der Waals surface area contributed by atoms with Crippen molar-refractivity contribution in [1.82, 2.24) is 0 Å². The molecule has 0 aliphatic rings. The second-order valence-corrected chi connectivity index (χ2v) is 8.31. The molecule has 3 aromatic carbocycles. The van der Waals surface area contributed by atoms with E-state index in [1.165, 1.54) is 30.3 Å². The van der Waals surface area contributed by atoms with Crippen LogP contribution in [0.1, 0.15) is 6.92 Å². The van der Waals surface area contributed by atoms with Gasteiger partial charge in [-0.3, -0.25) is 9.10 Å². The predicted octanol–water partition coefficient (Wildman–Crippen LogP) is 4.20. The highest BCUT2D eigenvalue weighted by Gasteiger charge is 2.27. The second-order valence-electron chi connectivity index (χ2n) is 6.45. The molecule has 31 heavy (non-hydrogen) atoms. The van der Waals surface area contributed by atoms with E-state index in [9.17, 15) is 22.0 Å². The maximum Gasteiger partial charge on any atom is 0.264 e. The first-order valence-electron chi connectivity index (χ1n) is 9.36. The molecule has 0 spiro atoms. The standard InChI is InChI=1S/C22H20F2N2O4S/c1-2-30-20-10-8-19(9-11-20)26(31(28,29)21-12-6-16(23)7-13-21)15-22(27)25-18-5-3-4-17(24)14-18/h3-14H,2,15H2,1H3,(H,25,27). The average molecular weight is 446 g/mol. The summed E-state index contributed by atoms with van der Waals surface area (Å²) in [5, 5.41) is 2.48. The quantitative estimate of drug-likeness (QED) is 0.563. The number of carbonyl (C=O) groups is 1. The third kappa shape index (κ3) is 5.58. The van der Waals surface area contributed by atoms with Crippen LogP contribution in [0.15, 0.2) is 77.7 Å². The topological polar surface area (TPSA) is 75.7 Å². The Bertz CT molecular complexity index is 1150. The molecule has 0 bridgehead atoms. The number of hydrogen-bond donors (Lipinski definition) is 1. The Morgan fingerprint density at radius 2 is 1.65 bits per heavy atom. The predicted molar refractivity (Wildman–Crippen MR) is 114 cm³/mol. The van der Waals surface area contributed by atoms with Crippen molar-refractivity contribution in [3.63, 3.8) is 0 Å². The fourth-order valence-corrected chi connectivity index (χ4v) is 4.24. The van der Waals surface area contributed by atoms with Crippen LogP contribution < -0.4 is 14.4 Å². The Morgan fingerprint density at radius 3 is 2.26 bits per heavy atom. The van der Waals surface area contributed by atoms with Crippen LogP contribution in [0.5, 0.6) is 5.75 Å². The van der Waals surface area contributed by atoms with Crippen LogP contribution in [0.3, 0.4) is 0 Å². The lowest BCUT2D eigenvalue weighted by atomic mass is 10.3. The maximum absolute atomic E-state index is 13.4. The van der Waals surface area contributed by atoms with E-state index in [-0.39, 0.29) is 16.3 Å². The number of benzene rings is 3. The molecule has 162 valence electrons. The zero-order chi connectivity index (χ0) is 22.4. The third-order valence-corrected chi connectivity index (χ3v) is 6.02. The van der Waals surface area contributed by atoms with Gasteiger partial charge < -0.3 is 10.1 Å². The number of anilines is 2. The molecule has 6 nitrogen and oxygen atoms in total. The summed E-state index contributed by atoms with van der Waals surface area (Å²) in [5.41, 5.74) is 0.401. The third-order valence-electron chi connectivity index (χ3n) is 4.23. The summed E-state index contributed by atoms with van der Waals surface area (Å²) in [4.78, 5) is 12.4.